The molecule has 4 aromatic heterocycles. The summed E-state index contributed by atoms with van der Waals surface area (Å²) in [4.78, 5) is 49.1. The van der Waals surface area contributed by atoms with Crippen molar-refractivity contribution in [2.24, 2.45) is 0 Å². The van der Waals surface area contributed by atoms with Gasteiger partial charge in [0.2, 0.25) is 0 Å². The van der Waals surface area contributed by atoms with Gasteiger partial charge in [0.25, 0.3) is 17.2 Å². The zero-order valence-electron chi connectivity index (χ0n) is 19.5. The second kappa shape index (κ2) is 9.26. The molecule has 4 heterocycles. The number of anilines is 2. The van der Waals surface area contributed by atoms with E-state index in [9.17, 15) is 14.4 Å². The molecule has 0 spiro atoms. The van der Waals surface area contributed by atoms with Gasteiger partial charge in [0.05, 0.1) is 27.2 Å². The molecule has 10 nitrogen and oxygen atoms in total. The highest BCUT2D eigenvalue weighted by Gasteiger charge is 2.28. The van der Waals surface area contributed by atoms with E-state index in [1.807, 2.05) is 26.0 Å². The Kier molecular flexibility index (Phi) is 6.38. The molecule has 0 atom stereocenters. The third kappa shape index (κ3) is 4.03. The number of nitrogens with two attached hydrogens (primary N) is 1. The fraction of sp³-hybridized carbons (Fsp3) is 0.348. The van der Waals surface area contributed by atoms with Crippen molar-refractivity contribution in [1.29, 1.82) is 0 Å². The van der Waals surface area contributed by atoms with E-state index in [1.165, 1.54) is 9.47 Å². The van der Waals surface area contributed by atoms with Crippen molar-refractivity contribution in [2.75, 3.05) is 17.2 Å². The van der Waals surface area contributed by atoms with Gasteiger partial charge in [-0.3, -0.25) is 19.1 Å². The summed E-state index contributed by atoms with van der Waals surface area (Å²) in [6.07, 6.45) is 1.54. The van der Waals surface area contributed by atoms with Crippen molar-refractivity contribution in [3.05, 3.63) is 55.2 Å². The van der Waals surface area contributed by atoms with Crippen LogP contribution in [0.4, 0.5) is 11.5 Å². The van der Waals surface area contributed by atoms with E-state index in [4.69, 9.17) is 10.3 Å². The molecular weight excluding hydrogens is 456 g/mol. The summed E-state index contributed by atoms with van der Waals surface area (Å²) in [7, 11) is 0. The number of carbonyl (C=O) groups excluding carboxylic acids is 1. The smallest absolute Gasteiger partial charge is 0.330 e. The molecule has 0 aromatic carbocycles. The average Bonchev–Trinajstić information content (AvgIpc) is 3.41. The standard InChI is InChI=1S/C23H26N6O4S/c1-5-7-10-29-19(24)18(20(30)26-23(29)32)28(6-2)22(31)14-11-15(16-9-8-12(3)34-16)25-21-17(14)13(4)27-33-21/h8-9,11H,5-7,10,24H2,1-4H3,(H,26,30,32). The molecule has 4 rings (SSSR count). The lowest BCUT2D eigenvalue weighted by Gasteiger charge is -2.23. The molecule has 0 fully saturated rings. The highest BCUT2D eigenvalue weighted by molar-refractivity contribution is 7.15. The number of thiophene rings is 1. The number of amides is 1. The van der Waals surface area contributed by atoms with E-state index in [0.717, 1.165) is 16.2 Å². The third-order valence-corrected chi connectivity index (χ3v) is 6.64. The van der Waals surface area contributed by atoms with Gasteiger partial charge in [0.15, 0.2) is 5.69 Å². The Bertz CT molecular complexity index is 1500. The molecule has 178 valence electrons. The van der Waals surface area contributed by atoms with Crippen molar-refractivity contribution in [3.8, 4) is 10.6 Å². The lowest BCUT2D eigenvalue weighted by Crippen LogP contribution is -2.41. The molecule has 1 amide bonds. The SMILES string of the molecule is CCCCn1c(N)c(N(CC)C(=O)c2cc(-c3ccc(C)s3)nc3onc(C)c23)c(=O)[nH]c1=O. The number of fused-ring (bicyclic) bond motifs is 1. The van der Waals surface area contributed by atoms with Gasteiger partial charge in [-0.05, 0) is 45.4 Å². The fourth-order valence-corrected chi connectivity index (χ4v) is 4.72. The van der Waals surface area contributed by atoms with Gasteiger partial charge in [-0.2, -0.15) is 0 Å². The number of aryl methyl sites for hydroxylation is 2. The summed E-state index contributed by atoms with van der Waals surface area (Å²) in [6.45, 7) is 7.92. The molecule has 4 aromatic rings. The van der Waals surface area contributed by atoms with E-state index in [2.05, 4.69) is 15.1 Å². The van der Waals surface area contributed by atoms with Crippen LogP contribution in [0.15, 0.2) is 32.3 Å². The van der Waals surface area contributed by atoms with Crippen LogP contribution in [0.3, 0.4) is 0 Å². The van der Waals surface area contributed by atoms with Gasteiger partial charge in [-0.1, -0.05) is 18.5 Å². The minimum atomic E-state index is -0.716. The van der Waals surface area contributed by atoms with E-state index >= 15 is 0 Å². The maximum Gasteiger partial charge on any atom is 0.330 e. The number of hydrogen-bond acceptors (Lipinski definition) is 8. The van der Waals surface area contributed by atoms with Gasteiger partial charge in [-0.15, -0.1) is 11.3 Å². The summed E-state index contributed by atoms with van der Waals surface area (Å²) in [5.41, 5.74) is 6.49. The number of nitrogen functional groups attached to an aromatic ring is 1. The summed E-state index contributed by atoms with van der Waals surface area (Å²) >= 11 is 1.54. The molecule has 3 N–H and O–H groups in total. The largest absolute Gasteiger partial charge is 0.383 e. The minimum absolute atomic E-state index is 0.0427. The maximum atomic E-state index is 13.9. The Labute approximate surface area is 199 Å². The second-order valence-electron chi connectivity index (χ2n) is 7.96. The molecule has 34 heavy (non-hydrogen) atoms. The molecule has 0 bridgehead atoms. The van der Waals surface area contributed by atoms with Crippen LogP contribution in [-0.4, -0.2) is 32.1 Å². The Hall–Kier alpha value is -3.73. The van der Waals surface area contributed by atoms with E-state index in [0.29, 0.717) is 29.7 Å². The van der Waals surface area contributed by atoms with E-state index in [1.54, 1.807) is 31.3 Å². The first-order valence-electron chi connectivity index (χ1n) is 11.0. The van der Waals surface area contributed by atoms with Gasteiger partial charge in [0, 0.05) is 18.0 Å². The monoisotopic (exact) mass is 482 g/mol. The Morgan fingerprint density at radius 1 is 1.26 bits per heavy atom. The third-order valence-electron chi connectivity index (χ3n) is 5.62. The predicted molar refractivity (Wildman–Crippen MR) is 133 cm³/mol. The first-order chi connectivity index (χ1) is 16.3. The Morgan fingerprint density at radius 2 is 2.03 bits per heavy atom. The summed E-state index contributed by atoms with van der Waals surface area (Å²) in [5.74, 6) is -0.507. The topological polar surface area (TPSA) is 140 Å². The van der Waals surface area contributed by atoms with E-state index < -0.39 is 17.2 Å². The van der Waals surface area contributed by atoms with Crippen molar-refractivity contribution in [3.63, 3.8) is 0 Å². The number of pyridine rings is 1. The van der Waals surface area contributed by atoms with Gasteiger partial charge >= 0.3 is 5.69 Å². The lowest BCUT2D eigenvalue weighted by atomic mass is 10.1. The zero-order chi connectivity index (χ0) is 24.6. The second-order valence-corrected chi connectivity index (χ2v) is 9.25. The Balaban J connectivity index is 1.90. The Morgan fingerprint density at radius 3 is 2.68 bits per heavy atom. The van der Waals surface area contributed by atoms with Crippen LogP contribution in [0.25, 0.3) is 21.7 Å². The summed E-state index contributed by atoms with van der Waals surface area (Å²) in [6, 6.07) is 5.58. The molecule has 0 unspecified atom stereocenters. The molecule has 11 heteroatoms. The number of nitrogens with one attached hydrogen (secondary N) is 1. The number of aromatic nitrogens is 4. The first-order valence-corrected chi connectivity index (χ1v) is 11.9. The van der Waals surface area contributed by atoms with E-state index in [-0.39, 0.29) is 29.3 Å². The first kappa shape index (κ1) is 23.4. The molecular formula is C23H26N6O4S. The van der Waals surface area contributed by atoms with Crippen molar-refractivity contribution in [2.45, 2.75) is 47.1 Å². The van der Waals surface area contributed by atoms with Crippen LogP contribution in [0.2, 0.25) is 0 Å². The van der Waals surface area contributed by atoms with Crippen molar-refractivity contribution >= 4 is 39.8 Å². The normalized spacial score (nSPS) is 11.3. The number of rotatable bonds is 7. The number of unbranched alkanes of at least 4 members (excludes halogenated alkanes) is 1. The van der Waals surface area contributed by atoms with Crippen LogP contribution < -0.4 is 21.9 Å². The molecule has 0 aliphatic heterocycles. The van der Waals surface area contributed by atoms with Crippen LogP contribution in [0.1, 0.15) is 47.6 Å². The number of carbonyl (C=O) groups is 1. The molecule has 0 aliphatic rings. The molecule has 0 radical (unpaired) electrons. The number of H-pyrrole nitrogens is 1. The molecule has 0 saturated carbocycles. The van der Waals surface area contributed by atoms with Gasteiger partial charge in [-0.25, -0.2) is 9.78 Å². The number of nitrogens with zero attached hydrogens (tertiary/aromatic N) is 4. The number of aromatic amines is 1. The maximum absolute atomic E-state index is 13.9. The number of hydrogen-bond donors (Lipinski definition) is 2. The van der Waals surface area contributed by atoms with Crippen molar-refractivity contribution < 1.29 is 9.32 Å². The van der Waals surface area contributed by atoms with Crippen LogP contribution in [-0.2, 0) is 6.54 Å². The summed E-state index contributed by atoms with van der Waals surface area (Å²) in [5, 5.41) is 4.46. The van der Waals surface area contributed by atoms with Gasteiger partial charge < -0.3 is 15.2 Å². The average molecular weight is 483 g/mol. The molecule has 0 aliphatic carbocycles. The minimum Gasteiger partial charge on any atom is -0.383 e. The fourth-order valence-electron chi connectivity index (χ4n) is 3.89. The molecule has 0 saturated heterocycles. The summed E-state index contributed by atoms with van der Waals surface area (Å²) < 4.78 is 6.68. The van der Waals surface area contributed by atoms with Crippen LogP contribution in [0, 0.1) is 13.8 Å². The lowest BCUT2D eigenvalue weighted by molar-refractivity contribution is 0.0989. The highest BCUT2D eigenvalue weighted by Crippen LogP contribution is 2.32. The van der Waals surface area contributed by atoms with Crippen LogP contribution >= 0.6 is 11.3 Å². The predicted octanol–water partition coefficient (Wildman–Crippen LogP) is 3.47. The van der Waals surface area contributed by atoms with Crippen molar-refractivity contribution in [1.82, 2.24) is 19.7 Å². The quantitative estimate of drug-likeness (QED) is 0.411. The van der Waals surface area contributed by atoms with Gasteiger partial charge in [0.1, 0.15) is 5.82 Å². The highest BCUT2D eigenvalue weighted by atomic mass is 32.1. The zero-order valence-corrected chi connectivity index (χ0v) is 20.3. The van der Waals surface area contributed by atoms with Crippen LogP contribution in [0.5, 0.6) is 0 Å².